The van der Waals surface area contributed by atoms with Gasteiger partial charge in [0.15, 0.2) is 0 Å². The van der Waals surface area contributed by atoms with E-state index in [1.165, 1.54) is 24.3 Å². The van der Waals surface area contributed by atoms with Crippen LogP contribution in [0.2, 0.25) is 0 Å². The average molecular weight is 410 g/mol. The van der Waals surface area contributed by atoms with Gasteiger partial charge in [-0.15, -0.1) is 0 Å². The number of carbonyl (C=O) groups is 1. The number of hydrogen-bond donors (Lipinski definition) is 2. The highest BCUT2D eigenvalue weighted by molar-refractivity contribution is 7.92. The number of carbonyl (C=O) groups excluding carboxylic acids is 1. The van der Waals surface area contributed by atoms with Crippen molar-refractivity contribution in [2.45, 2.75) is 32.6 Å². The minimum atomic E-state index is -3.84. The largest absolute Gasteiger partial charge is 0.322 e. The Bertz CT molecular complexity index is 1130. The molecule has 0 radical (unpaired) electrons. The van der Waals surface area contributed by atoms with Crippen LogP contribution in [0.3, 0.4) is 0 Å². The third kappa shape index (κ3) is 5.17. The van der Waals surface area contributed by atoms with Gasteiger partial charge < -0.3 is 5.32 Å². The first-order valence-corrected chi connectivity index (χ1v) is 10.5. The van der Waals surface area contributed by atoms with Gasteiger partial charge in [-0.3, -0.25) is 4.79 Å². The van der Waals surface area contributed by atoms with Gasteiger partial charge in [0.1, 0.15) is 0 Å². The van der Waals surface area contributed by atoms with Crippen LogP contribution in [0.25, 0.3) is 0 Å². The molecule has 0 aliphatic rings. The van der Waals surface area contributed by atoms with Gasteiger partial charge in [0.2, 0.25) is 5.95 Å². The van der Waals surface area contributed by atoms with E-state index in [4.69, 9.17) is 0 Å². The topological polar surface area (TPSA) is 101 Å². The summed E-state index contributed by atoms with van der Waals surface area (Å²) in [5.74, 6) is -0.233. The molecule has 2 aromatic carbocycles. The van der Waals surface area contributed by atoms with Crippen LogP contribution in [-0.2, 0) is 10.0 Å². The normalized spacial score (nSPS) is 11.2. The number of sulfonamides is 1. The Balaban J connectivity index is 1.75. The van der Waals surface area contributed by atoms with Crippen molar-refractivity contribution in [2.24, 2.45) is 0 Å². The monoisotopic (exact) mass is 410 g/mol. The average Bonchev–Trinajstić information content (AvgIpc) is 2.60. The number of hydrogen-bond acceptors (Lipinski definition) is 5. The van der Waals surface area contributed by atoms with Crippen molar-refractivity contribution < 1.29 is 13.2 Å². The number of aryl methyl sites for hydroxylation is 4. The lowest BCUT2D eigenvalue weighted by Crippen LogP contribution is -2.16. The van der Waals surface area contributed by atoms with Crippen LogP contribution in [0, 0.1) is 27.7 Å². The molecule has 0 aliphatic carbocycles. The third-order valence-corrected chi connectivity index (χ3v) is 5.46. The quantitative estimate of drug-likeness (QED) is 0.667. The van der Waals surface area contributed by atoms with E-state index in [1.807, 2.05) is 19.9 Å². The van der Waals surface area contributed by atoms with Crippen molar-refractivity contribution in [3.05, 3.63) is 76.6 Å². The molecule has 150 valence electrons. The van der Waals surface area contributed by atoms with Crippen molar-refractivity contribution in [3.63, 3.8) is 0 Å². The number of nitrogens with zero attached hydrogens (tertiary/aromatic N) is 2. The second-order valence-corrected chi connectivity index (χ2v) is 8.62. The highest BCUT2D eigenvalue weighted by Gasteiger charge is 2.16. The van der Waals surface area contributed by atoms with Gasteiger partial charge in [-0.05, 0) is 70.2 Å². The van der Waals surface area contributed by atoms with Gasteiger partial charge in [-0.2, -0.15) is 0 Å². The summed E-state index contributed by atoms with van der Waals surface area (Å²) in [5.41, 5.74) is 4.37. The summed E-state index contributed by atoms with van der Waals surface area (Å²) >= 11 is 0. The number of anilines is 2. The molecule has 1 aromatic heterocycles. The van der Waals surface area contributed by atoms with E-state index in [0.717, 1.165) is 11.1 Å². The maximum atomic E-state index is 12.6. The SMILES string of the molecule is Cc1cc(C)cc(C(=O)Nc2ccc(S(=O)(=O)Nc3nc(C)cc(C)n3)cc2)c1. The summed E-state index contributed by atoms with van der Waals surface area (Å²) in [5, 5.41) is 2.78. The summed E-state index contributed by atoms with van der Waals surface area (Å²) < 4.78 is 27.5. The smallest absolute Gasteiger partial charge is 0.264 e. The van der Waals surface area contributed by atoms with Crippen molar-refractivity contribution in [1.29, 1.82) is 0 Å². The number of aromatic nitrogens is 2. The van der Waals surface area contributed by atoms with E-state index in [2.05, 4.69) is 20.0 Å². The number of benzene rings is 2. The first-order chi connectivity index (χ1) is 13.6. The first-order valence-electron chi connectivity index (χ1n) is 8.97. The van der Waals surface area contributed by atoms with Crippen LogP contribution in [0.1, 0.15) is 32.9 Å². The van der Waals surface area contributed by atoms with E-state index in [0.29, 0.717) is 22.6 Å². The van der Waals surface area contributed by atoms with E-state index >= 15 is 0 Å². The molecular weight excluding hydrogens is 388 g/mol. The zero-order valence-corrected chi connectivity index (χ0v) is 17.5. The van der Waals surface area contributed by atoms with E-state index < -0.39 is 10.0 Å². The summed E-state index contributed by atoms with van der Waals surface area (Å²) in [4.78, 5) is 20.7. The van der Waals surface area contributed by atoms with Crippen LogP contribution >= 0.6 is 0 Å². The van der Waals surface area contributed by atoms with Gasteiger partial charge in [0, 0.05) is 22.6 Å². The summed E-state index contributed by atoms with van der Waals surface area (Å²) in [6, 6.07) is 13.3. The Morgan fingerprint density at radius 3 is 1.93 bits per heavy atom. The summed E-state index contributed by atoms with van der Waals surface area (Å²) in [6.45, 7) is 7.38. The van der Waals surface area contributed by atoms with Crippen LogP contribution in [0.4, 0.5) is 11.6 Å². The summed E-state index contributed by atoms with van der Waals surface area (Å²) in [7, 11) is -3.84. The van der Waals surface area contributed by atoms with Crippen molar-refractivity contribution >= 4 is 27.6 Å². The minimum Gasteiger partial charge on any atom is -0.322 e. The molecule has 0 spiro atoms. The molecule has 0 bridgehead atoms. The highest BCUT2D eigenvalue weighted by atomic mass is 32.2. The predicted octanol–water partition coefficient (Wildman–Crippen LogP) is 3.76. The molecule has 2 N–H and O–H groups in total. The molecule has 3 aromatic rings. The second-order valence-electron chi connectivity index (χ2n) is 6.93. The highest BCUT2D eigenvalue weighted by Crippen LogP contribution is 2.18. The lowest BCUT2D eigenvalue weighted by atomic mass is 10.1. The standard InChI is InChI=1S/C21H22N4O3S/c1-13-9-14(2)11-17(10-13)20(26)24-18-5-7-19(8-6-18)29(27,28)25-21-22-15(3)12-16(4)23-21/h5-12H,1-4H3,(H,24,26)(H,22,23,25). The number of amides is 1. The molecule has 0 aliphatic heterocycles. The van der Waals surface area contributed by atoms with Gasteiger partial charge >= 0.3 is 0 Å². The Labute approximate surface area is 170 Å². The van der Waals surface area contributed by atoms with Gasteiger partial charge in [0.05, 0.1) is 4.90 Å². The molecule has 7 nitrogen and oxygen atoms in total. The fourth-order valence-electron chi connectivity index (χ4n) is 2.98. The molecule has 0 unspecified atom stereocenters. The Morgan fingerprint density at radius 2 is 1.38 bits per heavy atom. The maximum absolute atomic E-state index is 12.6. The zero-order chi connectivity index (χ0) is 21.2. The van der Waals surface area contributed by atoms with Crippen LogP contribution in [0.15, 0.2) is 53.4 Å². The third-order valence-electron chi connectivity index (χ3n) is 4.11. The Kier molecular flexibility index (Phi) is 5.65. The molecule has 8 heteroatoms. The van der Waals surface area contributed by atoms with Gasteiger partial charge in [0.25, 0.3) is 15.9 Å². The van der Waals surface area contributed by atoms with Crippen molar-refractivity contribution in [2.75, 3.05) is 10.0 Å². The molecule has 0 saturated carbocycles. The predicted molar refractivity (Wildman–Crippen MR) is 113 cm³/mol. The maximum Gasteiger partial charge on any atom is 0.264 e. The minimum absolute atomic E-state index is 0.0229. The number of rotatable bonds is 5. The van der Waals surface area contributed by atoms with Crippen LogP contribution in [0.5, 0.6) is 0 Å². The lowest BCUT2D eigenvalue weighted by Gasteiger charge is -2.10. The molecule has 1 amide bonds. The van der Waals surface area contributed by atoms with Gasteiger partial charge in [-0.1, -0.05) is 17.2 Å². The first kappa shape index (κ1) is 20.5. The Hall–Kier alpha value is -3.26. The molecule has 3 rings (SSSR count). The summed E-state index contributed by atoms with van der Waals surface area (Å²) in [6.07, 6.45) is 0. The molecule has 1 heterocycles. The second kappa shape index (κ2) is 8.00. The van der Waals surface area contributed by atoms with Crippen molar-refractivity contribution in [1.82, 2.24) is 9.97 Å². The zero-order valence-electron chi connectivity index (χ0n) is 16.6. The van der Waals surface area contributed by atoms with E-state index in [-0.39, 0.29) is 16.8 Å². The lowest BCUT2D eigenvalue weighted by molar-refractivity contribution is 0.102. The van der Waals surface area contributed by atoms with Crippen LogP contribution < -0.4 is 10.0 Å². The van der Waals surface area contributed by atoms with Crippen molar-refractivity contribution in [3.8, 4) is 0 Å². The molecular formula is C21H22N4O3S. The van der Waals surface area contributed by atoms with E-state index in [9.17, 15) is 13.2 Å². The van der Waals surface area contributed by atoms with Gasteiger partial charge in [-0.25, -0.2) is 23.1 Å². The van der Waals surface area contributed by atoms with E-state index in [1.54, 1.807) is 32.0 Å². The molecule has 0 fully saturated rings. The molecule has 29 heavy (non-hydrogen) atoms. The fourth-order valence-corrected chi connectivity index (χ4v) is 3.92. The Morgan fingerprint density at radius 1 is 0.828 bits per heavy atom. The molecule has 0 atom stereocenters. The number of nitrogens with one attached hydrogen (secondary N) is 2. The fraction of sp³-hybridized carbons (Fsp3) is 0.190. The molecule has 0 saturated heterocycles. The van der Waals surface area contributed by atoms with Crippen LogP contribution in [-0.4, -0.2) is 24.3 Å².